The summed E-state index contributed by atoms with van der Waals surface area (Å²) in [6, 6.07) is 41.9. The molecule has 54 heavy (non-hydrogen) atoms. The summed E-state index contributed by atoms with van der Waals surface area (Å²) in [6.45, 7) is 9.41. The summed E-state index contributed by atoms with van der Waals surface area (Å²) in [5, 5.41) is 5.56. The number of para-hydroxylation sites is 2. The molecule has 0 bridgehead atoms. The van der Waals surface area contributed by atoms with E-state index in [9.17, 15) is 0 Å². The summed E-state index contributed by atoms with van der Waals surface area (Å²) in [5.41, 5.74) is 12.8. The first kappa shape index (κ1) is 35.7. The molecule has 0 fully saturated rings. The lowest BCUT2D eigenvalue weighted by atomic mass is 9.83. The molecule has 0 amide bonds. The van der Waals surface area contributed by atoms with Gasteiger partial charge in [-0.05, 0) is 71.4 Å². The molecule has 2 aromatic heterocycles. The van der Waals surface area contributed by atoms with Gasteiger partial charge in [-0.1, -0.05) is 135 Å². The Morgan fingerprint density at radius 1 is 0.796 bits per heavy atom. The van der Waals surface area contributed by atoms with Gasteiger partial charge in [-0.2, -0.15) is 0 Å². The van der Waals surface area contributed by atoms with E-state index in [1.54, 1.807) is 0 Å². The van der Waals surface area contributed by atoms with Gasteiger partial charge >= 0.3 is 0 Å². The van der Waals surface area contributed by atoms with Crippen molar-refractivity contribution in [2.75, 3.05) is 20.1 Å². The molecule has 5 heteroatoms. The number of aliphatic imine (C=N–C) groups is 2. The summed E-state index contributed by atoms with van der Waals surface area (Å²) >= 11 is 0. The molecule has 4 aromatic carbocycles. The fourth-order valence-electron chi connectivity index (χ4n) is 6.92. The Hall–Kier alpha value is -6.64. The Bertz CT molecular complexity index is 2470. The Balaban J connectivity index is 1.21. The number of hydrogen-bond acceptors (Lipinski definition) is 4. The maximum atomic E-state index is 5.24. The first-order chi connectivity index (χ1) is 26.5. The SMILES string of the molecule is C=C/C(=C\C=C(/C)c1cccc2cccnc12)C/N=C(\C/N=C(\NC)c1c#cc(-c2ccccc2)cc1)C1=CC=C(c2cccc3cccnc23)CC1C. The second-order valence-electron chi connectivity index (χ2n) is 13.4. The molecular weight excluding hydrogens is 659 g/mol. The monoisotopic (exact) mass is 701 g/mol. The number of amidine groups is 1. The molecule has 0 saturated carbocycles. The number of nitrogens with zero attached hydrogens (tertiary/aromatic N) is 4. The Morgan fingerprint density at radius 2 is 1.54 bits per heavy atom. The van der Waals surface area contributed by atoms with Crippen molar-refractivity contribution in [1.29, 1.82) is 0 Å². The van der Waals surface area contributed by atoms with Gasteiger partial charge in [0.2, 0.25) is 0 Å². The van der Waals surface area contributed by atoms with Crippen LogP contribution in [0.25, 0.3) is 44.1 Å². The largest absolute Gasteiger partial charge is 0.372 e. The Morgan fingerprint density at radius 3 is 2.26 bits per heavy atom. The van der Waals surface area contributed by atoms with E-state index >= 15 is 0 Å². The maximum Gasteiger partial charge on any atom is 0.137 e. The van der Waals surface area contributed by atoms with Crippen molar-refractivity contribution in [2.45, 2.75) is 20.3 Å². The highest BCUT2D eigenvalue weighted by Crippen LogP contribution is 2.35. The Kier molecular flexibility index (Phi) is 11.1. The van der Waals surface area contributed by atoms with Gasteiger partial charge in [-0.15, -0.1) is 0 Å². The lowest BCUT2D eigenvalue weighted by molar-refractivity contribution is 0.722. The van der Waals surface area contributed by atoms with Crippen LogP contribution in [0, 0.1) is 18.1 Å². The molecule has 0 spiro atoms. The molecule has 1 atom stereocenters. The van der Waals surface area contributed by atoms with Crippen LogP contribution < -0.4 is 5.32 Å². The molecule has 1 aliphatic rings. The molecule has 5 nitrogen and oxygen atoms in total. The fourth-order valence-corrected chi connectivity index (χ4v) is 6.92. The molecule has 264 valence electrons. The lowest BCUT2D eigenvalue weighted by Crippen LogP contribution is -2.23. The fraction of sp³-hybridized carbons (Fsp3) is 0.143. The average molecular weight is 702 g/mol. The van der Waals surface area contributed by atoms with Crippen LogP contribution in [0.4, 0.5) is 0 Å². The van der Waals surface area contributed by atoms with Crippen LogP contribution in [0.2, 0.25) is 0 Å². The topological polar surface area (TPSA) is 62.5 Å². The van der Waals surface area contributed by atoms with Crippen LogP contribution in [0.3, 0.4) is 0 Å². The standard InChI is InChI=1S/C49H43N5/c1-5-36(22-21-34(2)44-19-9-15-39-17-11-29-51-47(39)44)32-53-46(33-54-49(50-4)41-25-23-38(24-26-41)37-13-7-6-8-14-37)43-28-27-42(31-35(43)3)45-20-10-16-40-18-12-30-52-48(40)45/h5-23,25,27-30,35H,1,31-33H2,2-4H3,(H,50,54)/b34-21+,36-22+,53-46+. The molecule has 0 aliphatic heterocycles. The highest BCUT2D eigenvalue weighted by atomic mass is 15.0. The summed E-state index contributed by atoms with van der Waals surface area (Å²) in [7, 11) is 1.89. The number of pyridine rings is 2. The predicted octanol–water partition coefficient (Wildman–Crippen LogP) is 10.7. The predicted molar refractivity (Wildman–Crippen MR) is 228 cm³/mol. The minimum Gasteiger partial charge on any atom is -0.372 e. The Labute approximate surface area is 318 Å². The lowest BCUT2D eigenvalue weighted by Gasteiger charge is -2.23. The van der Waals surface area contributed by atoms with Crippen LogP contribution >= 0.6 is 0 Å². The zero-order valence-electron chi connectivity index (χ0n) is 31.1. The molecule has 1 N–H and O–H groups in total. The van der Waals surface area contributed by atoms with Crippen LogP contribution in [-0.2, 0) is 0 Å². The molecular formula is C49H43N5. The minimum absolute atomic E-state index is 0.221. The van der Waals surface area contributed by atoms with Crippen LogP contribution in [-0.4, -0.2) is 41.7 Å². The van der Waals surface area contributed by atoms with Crippen molar-refractivity contribution in [3.05, 3.63) is 192 Å². The molecule has 0 saturated heterocycles. The third-order valence-electron chi connectivity index (χ3n) is 9.86. The third kappa shape index (κ3) is 8.04. The molecule has 6 aromatic rings. The van der Waals surface area contributed by atoms with E-state index in [0.29, 0.717) is 13.1 Å². The zero-order chi connectivity index (χ0) is 37.3. The van der Waals surface area contributed by atoms with Gasteiger partial charge in [-0.25, -0.2) is 0 Å². The van der Waals surface area contributed by atoms with E-state index < -0.39 is 0 Å². The maximum absolute atomic E-state index is 5.24. The molecule has 1 unspecified atom stereocenters. The van der Waals surface area contributed by atoms with E-state index in [2.05, 4.69) is 134 Å². The molecule has 1 aliphatic carbocycles. The third-order valence-corrected chi connectivity index (χ3v) is 9.86. The van der Waals surface area contributed by atoms with Crippen molar-refractivity contribution >= 4 is 44.5 Å². The van der Waals surface area contributed by atoms with Gasteiger partial charge in [-0.3, -0.25) is 20.0 Å². The minimum atomic E-state index is 0.221. The number of nitrogens with one attached hydrogen (secondary N) is 1. The second kappa shape index (κ2) is 16.8. The average Bonchev–Trinajstić information content (AvgIpc) is 3.23. The van der Waals surface area contributed by atoms with Gasteiger partial charge in [0.25, 0.3) is 0 Å². The number of hydrogen-bond donors (Lipinski definition) is 1. The highest BCUT2D eigenvalue weighted by molar-refractivity contribution is 6.06. The van der Waals surface area contributed by atoms with E-state index in [1.807, 2.05) is 61.9 Å². The second-order valence-corrected chi connectivity index (χ2v) is 13.4. The van der Waals surface area contributed by atoms with Crippen molar-refractivity contribution in [3.63, 3.8) is 0 Å². The van der Waals surface area contributed by atoms with E-state index in [1.165, 1.54) is 16.7 Å². The van der Waals surface area contributed by atoms with E-state index in [4.69, 9.17) is 15.0 Å². The first-order valence-electron chi connectivity index (χ1n) is 18.4. The first-order valence-corrected chi connectivity index (χ1v) is 18.4. The quantitative estimate of drug-likeness (QED) is 0.0831. The number of allylic oxidation sites excluding steroid dienone is 6. The summed E-state index contributed by atoms with van der Waals surface area (Å²) in [5.74, 6) is 0.959. The summed E-state index contributed by atoms with van der Waals surface area (Å²) in [6.07, 6.45) is 15.2. The van der Waals surface area contributed by atoms with Crippen molar-refractivity contribution < 1.29 is 0 Å². The van der Waals surface area contributed by atoms with Crippen LogP contribution in [0.1, 0.15) is 37.0 Å². The number of aromatic nitrogens is 2. The molecule has 0 radical (unpaired) electrons. The summed E-state index contributed by atoms with van der Waals surface area (Å²) in [4.78, 5) is 19.7. The van der Waals surface area contributed by atoms with E-state index in [0.717, 1.165) is 73.2 Å². The van der Waals surface area contributed by atoms with Gasteiger partial charge in [0, 0.05) is 46.9 Å². The van der Waals surface area contributed by atoms with Crippen molar-refractivity contribution in [1.82, 2.24) is 15.3 Å². The van der Waals surface area contributed by atoms with Crippen LogP contribution in [0.15, 0.2) is 174 Å². The van der Waals surface area contributed by atoms with Crippen molar-refractivity contribution in [3.8, 4) is 11.1 Å². The smallest absolute Gasteiger partial charge is 0.137 e. The van der Waals surface area contributed by atoms with Crippen LogP contribution in [0.5, 0.6) is 0 Å². The van der Waals surface area contributed by atoms with Gasteiger partial charge < -0.3 is 5.32 Å². The number of rotatable bonds is 11. The number of fused-ring (bicyclic) bond motifs is 2. The van der Waals surface area contributed by atoms with E-state index in [-0.39, 0.29) is 5.92 Å². The normalized spacial score (nSPS) is 15.4. The van der Waals surface area contributed by atoms with Gasteiger partial charge in [0.15, 0.2) is 0 Å². The van der Waals surface area contributed by atoms with Crippen molar-refractivity contribution in [2.24, 2.45) is 15.9 Å². The highest BCUT2D eigenvalue weighted by Gasteiger charge is 2.22. The summed E-state index contributed by atoms with van der Waals surface area (Å²) < 4.78 is 0. The molecule has 7 rings (SSSR count). The zero-order valence-corrected chi connectivity index (χ0v) is 31.1. The molecule has 2 heterocycles. The van der Waals surface area contributed by atoms with Gasteiger partial charge in [0.05, 0.1) is 35.4 Å². The van der Waals surface area contributed by atoms with Gasteiger partial charge in [0.1, 0.15) is 5.84 Å². The number of benzene rings is 3.